The van der Waals surface area contributed by atoms with Gasteiger partial charge in [0.05, 0.1) is 11.2 Å². The SMILES string of the molecule is CC1(C)c2ccccc2-c2c1cc(B1OC(C)(C)C(C)(C)O1)c1c2oc2ccccc21. The highest BCUT2D eigenvalue weighted by Gasteiger charge is 2.53. The van der Waals surface area contributed by atoms with Gasteiger partial charge in [-0.25, -0.2) is 0 Å². The Kier molecular flexibility index (Phi) is 3.59. The van der Waals surface area contributed by atoms with Gasteiger partial charge in [0.25, 0.3) is 0 Å². The van der Waals surface area contributed by atoms with E-state index in [1.54, 1.807) is 0 Å². The van der Waals surface area contributed by atoms with Crippen LogP contribution in [-0.4, -0.2) is 18.3 Å². The van der Waals surface area contributed by atoms with Crippen molar-refractivity contribution in [3.05, 3.63) is 65.7 Å². The molecule has 0 unspecified atom stereocenters. The molecule has 0 amide bonds. The van der Waals surface area contributed by atoms with Crippen LogP contribution in [0.15, 0.2) is 59.0 Å². The van der Waals surface area contributed by atoms with Crippen molar-refractivity contribution in [2.24, 2.45) is 0 Å². The van der Waals surface area contributed by atoms with Crippen LogP contribution in [0.5, 0.6) is 0 Å². The number of furan rings is 1. The summed E-state index contributed by atoms with van der Waals surface area (Å²) in [5.41, 5.74) is 7.01. The fourth-order valence-electron chi connectivity index (χ4n) is 5.24. The van der Waals surface area contributed by atoms with Gasteiger partial charge in [0.15, 0.2) is 0 Å². The van der Waals surface area contributed by atoms with Crippen molar-refractivity contribution in [1.29, 1.82) is 0 Å². The highest BCUT2D eigenvalue weighted by atomic mass is 16.7. The minimum atomic E-state index is -0.446. The van der Waals surface area contributed by atoms with Gasteiger partial charge in [-0.05, 0) is 55.9 Å². The Balaban J connectivity index is 1.73. The van der Waals surface area contributed by atoms with Crippen LogP contribution < -0.4 is 5.46 Å². The van der Waals surface area contributed by atoms with E-state index in [0.29, 0.717) is 0 Å². The molecule has 1 aliphatic carbocycles. The summed E-state index contributed by atoms with van der Waals surface area (Å²) < 4.78 is 19.6. The molecule has 0 spiro atoms. The monoisotopic (exact) mass is 410 g/mol. The van der Waals surface area contributed by atoms with Crippen LogP contribution in [0.25, 0.3) is 33.1 Å². The molecule has 1 fully saturated rings. The Morgan fingerprint density at radius 2 is 1.39 bits per heavy atom. The Morgan fingerprint density at radius 3 is 2.13 bits per heavy atom. The van der Waals surface area contributed by atoms with E-state index in [4.69, 9.17) is 13.7 Å². The van der Waals surface area contributed by atoms with E-state index < -0.39 is 18.3 Å². The van der Waals surface area contributed by atoms with Crippen LogP contribution >= 0.6 is 0 Å². The predicted octanol–water partition coefficient (Wildman–Crippen LogP) is 6.19. The van der Waals surface area contributed by atoms with E-state index in [-0.39, 0.29) is 5.41 Å². The lowest BCUT2D eigenvalue weighted by atomic mass is 9.72. The second-order valence-corrected chi connectivity index (χ2v) is 10.4. The summed E-state index contributed by atoms with van der Waals surface area (Å²) in [5.74, 6) is 0. The number of fused-ring (bicyclic) bond motifs is 7. The fourth-order valence-corrected chi connectivity index (χ4v) is 5.24. The van der Waals surface area contributed by atoms with Crippen LogP contribution in [0.2, 0.25) is 0 Å². The number of benzene rings is 3. The van der Waals surface area contributed by atoms with Crippen molar-refractivity contribution < 1.29 is 13.7 Å². The largest absolute Gasteiger partial charge is 0.495 e. The van der Waals surface area contributed by atoms with E-state index in [1.807, 2.05) is 12.1 Å². The molecule has 1 aromatic heterocycles. The number of para-hydroxylation sites is 1. The van der Waals surface area contributed by atoms with E-state index in [9.17, 15) is 0 Å². The minimum absolute atomic E-state index is 0.127. The van der Waals surface area contributed by atoms with Gasteiger partial charge in [0.2, 0.25) is 0 Å². The van der Waals surface area contributed by atoms with E-state index >= 15 is 0 Å². The third kappa shape index (κ3) is 2.38. The maximum absolute atomic E-state index is 6.54. The molecule has 0 radical (unpaired) electrons. The van der Waals surface area contributed by atoms with Crippen LogP contribution in [-0.2, 0) is 14.7 Å². The van der Waals surface area contributed by atoms with Gasteiger partial charge in [0, 0.05) is 21.8 Å². The third-order valence-electron chi connectivity index (χ3n) is 7.73. The molecule has 2 heterocycles. The average molecular weight is 410 g/mol. The first-order valence-corrected chi connectivity index (χ1v) is 11.1. The normalized spacial score (nSPS) is 20.4. The highest BCUT2D eigenvalue weighted by molar-refractivity contribution is 6.66. The smallest absolute Gasteiger partial charge is 0.455 e. The molecule has 3 aromatic carbocycles. The zero-order valence-electron chi connectivity index (χ0n) is 19.0. The molecule has 1 saturated heterocycles. The summed E-state index contributed by atoms with van der Waals surface area (Å²) in [4.78, 5) is 0. The van der Waals surface area contributed by atoms with Crippen molar-refractivity contribution in [1.82, 2.24) is 0 Å². The lowest BCUT2D eigenvalue weighted by Gasteiger charge is -2.32. The van der Waals surface area contributed by atoms with Gasteiger partial charge < -0.3 is 13.7 Å². The van der Waals surface area contributed by atoms with Gasteiger partial charge >= 0.3 is 7.12 Å². The first-order valence-electron chi connectivity index (χ1n) is 11.1. The van der Waals surface area contributed by atoms with E-state index in [0.717, 1.165) is 27.4 Å². The second-order valence-electron chi connectivity index (χ2n) is 10.4. The predicted molar refractivity (Wildman–Crippen MR) is 127 cm³/mol. The van der Waals surface area contributed by atoms with Gasteiger partial charge in [-0.1, -0.05) is 62.4 Å². The maximum atomic E-state index is 6.54. The standard InChI is InChI=1S/C27H27BO3/c1-25(2)18-13-9-7-11-16(18)22-19(25)15-20(28-30-26(3,4)27(5,6)31-28)23-17-12-8-10-14-21(17)29-24(22)23/h7-15H,1-6H3. The van der Waals surface area contributed by atoms with Gasteiger partial charge in [-0.2, -0.15) is 0 Å². The van der Waals surface area contributed by atoms with Crippen LogP contribution in [0.1, 0.15) is 52.7 Å². The summed E-state index contributed by atoms with van der Waals surface area (Å²) in [6.07, 6.45) is 0. The highest BCUT2D eigenvalue weighted by Crippen LogP contribution is 2.52. The van der Waals surface area contributed by atoms with Crippen molar-refractivity contribution in [2.75, 3.05) is 0 Å². The Morgan fingerprint density at radius 1 is 0.742 bits per heavy atom. The zero-order chi connectivity index (χ0) is 21.8. The molecule has 0 N–H and O–H groups in total. The first kappa shape index (κ1) is 19.2. The van der Waals surface area contributed by atoms with Gasteiger partial charge in [-0.3, -0.25) is 0 Å². The molecular weight excluding hydrogens is 383 g/mol. The molecule has 4 heteroatoms. The van der Waals surface area contributed by atoms with Crippen LogP contribution in [0.3, 0.4) is 0 Å². The molecule has 31 heavy (non-hydrogen) atoms. The third-order valence-corrected chi connectivity index (χ3v) is 7.73. The molecular formula is C27H27BO3. The Labute approximate surface area is 183 Å². The average Bonchev–Trinajstić information content (AvgIpc) is 3.28. The minimum Gasteiger partial charge on any atom is -0.455 e. The number of rotatable bonds is 1. The molecule has 0 atom stereocenters. The molecule has 0 bridgehead atoms. The van der Waals surface area contributed by atoms with Crippen molar-refractivity contribution in [3.63, 3.8) is 0 Å². The summed E-state index contributed by atoms with van der Waals surface area (Å²) in [6.45, 7) is 13.0. The van der Waals surface area contributed by atoms with Gasteiger partial charge in [0.1, 0.15) is 11.2 Å². The quantitative estimate of drug-likeness (QED) is 0.351. The molecule has 6 rings (SSSR count). The molecule has 3 nitrogen and oxygen atoms in total. The lowest BCUT2D eigenvalue weighted by Crippen LogP contribution is -2.41. The topological polar surface area (TPSA) is 31.6 Å². The number of hydrogen-bond acceptors (Lipinski definition) is 3. The van der Waals surface area contributed by atoms with Gasteiger partial charge in [-0.15, -0.1) is 0 Å². The summed E-state index contributed by atoms with van der Waals surface area (Å²) in [7, 11) is -0.446. The van der Waals surface area contributed by atoms with Crippen molar-refractivity contribution in [2.45, 2.75) is 58.2 Å². The first-order chi connectivity index (χ1) is 14.6. The second kappa shape index (κ2) is 5.82. The summed E-state index contributed by atoms with van der Waals surface area (Å²) >= 11 is 0. The van der Waals surface area contributed by atoms with Crippen molar-refractivity contribution >= 4 is 34.5 Å². The molecule has 4 aromatic rings. The Bertz CT molecular complexity index is 1360. The summed E-state index contributed by atoms with van der Waals surface area (Å²) in [6, 6.07) is 19.3. The molecule has 2 aliphatic rings. The fraction of sp³-hybridized carbons (Fsp3) is 0.333. The zero-order valence-corrected chi connectivity index (χ0v) is 19.0. The Hall–Kier alpha value is -2.56. The number of hydrogen-bond donors (Lipinski definition) is 0. The maximum Gasteiger partial charge on any atom is 0.495 e. The molecule has 0 saturated carbocycles. The van der Waals surface area contributed by atoms with Crippen molar-refractivity contribution in [3.8, 4) is 11.1 Å². The summed E-state index contributed by atoms with van der Waals surface area (Å²) in [5, 5.41) is 2.20. The molecule has 156 valence electrons. The van der Waals surface area contributed by atoms with Crippen LogP contribution in [0.4, 0.5) is 0 Å². The van der Waals surface area contributed by atoms with E-state index in [1.165, 1.54) is 22.3 Å². The lowest BCUT2D eigenvalue weighted by molar-refractivity contribution is 0.00578. The van der Waals surface area contributed by atoms with E-state index in [2.05, 4.69) is 84.0 Å². The molecule has 1 aliphatic heterocycles. The van der Waals surface area contributed by atoms with Crippen LogP contribution in [0, 0.1) is 0 Å².